The predicted octanol–water partition coefficient (Wildman–Crippen LogP) is 5.32. The van der Waals surface area contributed by atoms with Gasteiger partial charge in [-0.2, -0.15) is 18.2 Å². The number of hydrogen-bond acceptors (Lipinski definition) is 3. The Kier molecular flexibility index (Phi) is 4.20. The molecule has 0 aliphatic heterocycles. The molecule has 0 atom stereocenters. The highest BCUT2D eigenvalue weighted by molar-refractivity contribution is 5.77. The molecule has 6 heteroatoms. The second kappa shape index (κ2) is 6.31. The Morgan fingerprint density at radius 1 is 1.04 bits per heavy atom. The first-order chi connectivity index (χ1) is 11.4. The van der Waals surface area contributed by atoms with Crippen molar-refractivity contribution in [2.75, 3.05) is 0 Å². The van der Waals surface area contributed by atoms with E-state index >= 15 is 0 Å². The van der Waals surface area contributed by atoms with E-state index < -0.39 is 11.7 Å². The summed E-state index contributed by atoms with van der Waals surface area (Å²) in [7, 11) is 0. The fraction of sp³-hybridized carbons (Fsp3) is 0.111. The van der Waals surface area contributed by atoms with Crippen molar-refractivity contribution in [3.63, 3.8) is 0 Å². The molecule has 3 aromatic rings. The van der Waals surface area contributed by atoms with E-state index in [0.717, 1.165) is 23.3 Å². The molecule has 3 nitrogen and oxygen atoms in total. The molecule has 3 rings (SSSR count). The molecular weight excluding hydrogens is 317 g/mol. The summed E-state index contributed by atoms with van der Waals surface area (Å²) in [5.41, 5.74) is 1.20. The second-order valence-corrected chi connectivity index (χ2v) is 5.24. The van der Waals surface area contributed by atoms with E-state index in [1.54, 1.807) is 6.92 Å². The quantitative estimate of drug-likeness (QED) is 0.653. The Hall–Kier alpha value is -2.89. The van der Waals surface area contributed by atoms with Gasteiger partial charge in [0, 0.05) is 11.1 Å². The maximum atomic E-state index is 12.8. The maximum absolute atomic E-state index is 12.8. The largest absolute Gasteiger partial charge is 0.416 e. The third kappa shape index (κ3) is 3.53. The van der Waals surface area contributed by atoms with Crippen LogP contribution in [0.15, 0.2) is 59.1 Å². The van der Waals surface area contributed by atoms with Gasteiger partial charge in [0.1, 0.15) is 0 Å². The molecule has 0 saturated heterocycles. The summed E-state index contributed by atoms with van der Waals surface area (Å²) < 4.78 is 43.5. The summed E-state index contributed by atoms with van der Waals surface area (Å²) in [5.74, 6) is 0.392. The minimum Gasteiger partial charge on any atom is -0.334 e. The molecule has 0 radical (unpaired) electrons. The molecule has 1 heterocycles. The zero-order valence-corrected chi connectivity index (χ0v) is 12.7. The zero-order chi connectivity index (χ0) is 17.2. The lowest BCUT2D eigenvalue weighted by molar-refractivity contribution is -0.137. The minimum atomic E-state index is -4.41. The van der Waals surface area contributed by atoms with E-state index in [1.807, 2.05) is 36.4 Å². The molecule has 0 fully saturated rings. The Bertz CT molecular complexity index is 867. The smallest absolute Gasteiger partial charge is 0.334 e. The van der Waals surface area contributed by atoms with Gasteiger partial charge in [0.05, 0.1) is 5.56 Å². The van der Waals surface area contributed by atoms with Crippen molar-refractivity contribution in [1.29, 1.82) is 0 Å². The third-order valence-electron chi connectivity index (χ3n) is 3.39. The summed E-state index contributed by atoms with van der Waals surface area (Å²) >= 11 is 0. The Morgan fingerprint density at radius 3 is 2.50 bits per heavy atom. The van der Waals surface area contributed by atoms with Crippen molar-refractivity contribution in [2.24, 2.45) is 0 Å². The number of benzene rings is 2. The van der Waals surface area contributed by atoms with E-state index in [-0.39, 0.29) is 17.3 Å². The molecule has 0 spiro atoms. The first kappa shape index (κ1) is 16.0. The molecule has 0 aliphatic rings. The summed E-state index contributed by atoms with van der Waals surface area (Å²) in [6.45, 7) is 1.80. The van der Waals surface area contributed by atoms with Crippen LogP contribution in [0.25, 0.3) is 23.0 Å². The van der Waals surface area contributed by atoms with Crippen LogP contribution in [0, 0.1) is 0 Å². The molecule has 0 N–H and O–H groups in total. The van der Waals surface area contributed by atoms with Gasteiger partial charge in [-0.15, -0.1) is 0 Å². The van der Waals surface area contributed by atoms with E-state index in [1.165, 1.54) is 12.1 Å². The highest BCUT2D eigenvalue weighted by Gasteiger charge is 2.30. The zero-order valence-electron chi connectivity index (χ0n) is 12.7. The van der Waals surface area contributed by atoms with Gasteiger partial charge in [0.2, 0.25) is 5.82 Å². The number of allylic oxidation sites excluding steroid dienone is 1. The van der Waals surface area contributed by atoms with Crippen LogP contribution in [0.3, 0.4) is 0 Å². The summed E-state index contributed by atoms with van der Waals surface area (Å²) in [5, 5.41) is 3.78. The van der Waals surface area contributed by atoms with E-state index in [0.29, 0.717) is 0 Å². The van der Waals surface area contributed by atoms with Gasteiger partial charge in [-0.25, -0.2) is 0 Å². The minimum absolute atomic E-state index is 0.122. The van der Waals surface area contributed by atoms with Gasteiger partial charge in [-0.1, -0.05) is 47.6 Å². The van der Waals surface area contributed by atoms with Crippen LogP contribution in [0.4, 0.5) is 13.2 Å². The monoisotopic (exact) mass is 330 g/mol. The lowest BCUT2D eigenvalue weighted by Gasteiger charge is -2.06. The van der Waals surface area contributed by atoms with E-state index in [4.69, 9.17) is 4.52 Å². The third-order valence-corrected chi connectivity index (χ3v) is 3.39. The van der Waals surface area contributed by atoms with Crippen molar-refractivity contribution in [2.45, 2.75) is 13.1 Å². The van der Waals surface area contributed by atoms with Crippen molar-refractivity contribution in [3.05, 3.63) is 71.6 Å². The second-order valence-electron chi connectivity index (χ2n) is 5.24. The van der Waals surface area contributed by atoms with E-state index in [9.17, 15) is 13.2 Å². The van der Waals surface area contributed by atoms with Crippen LogP contribution < -0.4 is 0 Å². The average Bonchev–Trinajstić information content (AvgIpc) is 3.05. The van der Waals surface area contributed by atoms with Crippen LogP contribution in [0.1, 0.15) is 23.9 Å². The van der Waals surface area contributed by atoms with Gasteiger partial charge >= 0.3 is 6.18 Å². The number of rotatable bonds is 3. The molecule has 122 valence electrons. The van der Waals surface area contributed by atoms with Gasteiger partial charge in [-0.05, 0) is 30.7 Å². The highest BCUT2D eigenvalue weighted by Crippen LogP contribution is 2.31. The number of alkyl halides is 3. The Balaban J connectivity index is 1.90. The molecule has 24 heavy (non-hydrogen) atoms. The van der Waals surface area contributed by atoms with Crippen molar-refractivity contribution < 1.29 is 17.7 Å². The number of aromatic nitrogens is 2. The number of nitrogens with zero attached hydrogens (tertiary/aromatic N) is 2. The molecule has 0 unspecified atom stereocenters. The Morgan fingerprint density at radius 2 is 1.79 bits per heavy atom. The molecule has 1 aromatic heterocycles. The van der Waals surface area contributed by atoms with Gasteiger partial charge in [0.25, 0.3) is 5.89 Å². The van der Waals surface area contributed by atoms with E-state index in [2.05, 4.69) is 10.1 Å². The van der Waals surface area contributed by atoms with Crippen LogP contribution in [0.5, 0.6) is 0 Å². The van der Waals surface area contributed by atoms with Gasteiger partial charge in [-0.3, -0.25) is 0 Å². The van der Waals surface area contributed by atoms with Gasteiger partial charge < -0.3 is 4.52 Å². The van der Waals surface area contributed by atoms with Crippen LogP contribution in [-0.2, 0) is 6.18 Å². The predicted molar refractivity (Wildman–Crippen MR) is 84.7 cm³/mol. The fourth-order valence-electron chi connectivity index (χ4n) is 2.20. The summed E-state index contributed by atoms with van der Waals surface area (Å²) in [6, 6.07) is 14.4. The van der Waals surface area contributed by atoms with Crippen LogP contribution >= 0.6 is 0 Å². The molecule has 0 amide bonds. The first-order valence-electron chi connectivity index (χ1n) is 7.18. The lowest BCUT2D eigenvalue weighted by Crippen LogP contribution is -2.04. The SMILES string of the molecule is C/C(=C\c1ccccc1)c1nc(-c2cccc(C(F)(F)F)c2)no1. The molecule has 0 saturated carbocycles. The molecule has 2 aromatic carbocycles. The normalized spacial score (nSPS) is 12.4. The average molecular weight is 330 g/mol. The Labute approximate surface area is 136 Å². The maximum Gasteiger partial charge on any atom is 0.416 e. The molecule has 0 bridgehead atoms. The summed E-state index contributed by atoms with van der Waals surface area (Å²) in [6.07, 6.45) is -2.55. The van der Waals surface area contributed by atoms with Crippen LogP contribution in [0.2, 0.25) is 0 Å². The fourth-order valence-corrected chi connectivity index (χ4v) is 2.20. The van der Waals surface area contributed by atoms with Crippen molar-refractivity contribution in [1.82, 2.24) is 10.1 Å². The van der Waals surface area contributed by atoms with Crippen molar-refractivity contribution in [3.8, 4) is 11.4 Å². The highest BCUT2D eigenvalue weighted by atomic mass is 19.4. The standard InChI is InChI=1S/C18H13F3N2O/c1-12(10-13-6-3-2-4-7-13)17-22-16(23-24-17)14-8-5-9-15(11-14)18(19,20)21/h2-11H,1H3/b12-10+. The first-order valence-corrected chi connectivity index (χ1v) is 7.18. The molecular formula is C18H13F3N2O. The number of halogens is 3. The van der Waals surface area contributed by atoms with Crippen molar-refractivity contribution >= 4 is 11.6 Å². The topological polar surface area (TPSA) is 38.9 Å². The summed E-state index contributed by atoms with van der Waals surface area (Å²) in [4.78, 5) is 4.19. The van der Waals surface area contributed by atoms with Gasteiger partial charge in [0.15, 0.2) is 0 Å². The van der Waals surface area contributed by atoms with Crippen LogP contribution in [-0.4, -0.2) is 10.1 Å². The number of hydrogen-bond donors (Lipinski definition) is 0. The molecule has 0 aliphatic carbocycles. The lowest BCUT2D eigenvalue weighted by atomic mass is 10.1.